The Morgan fingerprint density at radius 3 is 2.60 bits per heavy atom. The fourth-order valence-corrected chi connectivity index (χ4v) is 2.49. The molecular formula is C16H18ClN3O4S. The summed E-state index contributed by atoms with van der Waals surface area (Å²) < 4.78 is 9.70. The maximum absolute atomic E-state index is 11.7. The van der Waals surface area contributed by atoms with Gasteiger partial charge in [-0.1, -0.05) is 12.1 Å². The van der Waals surface area contributed by atoms with Crippen LogP contribution in [0.2, 0.25) is 0 Å². The molecule has 2 aromatic rings. The second-order valence-electron chi connectivity index (χ2n) is 4.70. The topological polar surface area (TPSA) is 89.9 Å². The highest BCUT2D eigenvalue weighted by Gasteiger charge is 2.12. The number of hydrogen-bond donors (Lipinski definition) is 1. The van der Waals surface area contributed by atoms with Crippen molar-refractivity contribution in [3.05, 3.63) is 51.5 Å². The Bertz CT molecular complexity index is 731. The number of aromatic nitrogens is 1. The predicted molar refractivity (Wildman–Crippen MR) is 97.5 cm³/mol. The van der Waals surface area contributed by atoms with Gasteiger partial charge in [0.15, 0.2) is 0 Å². The monoisotopic (exact) mass is 383 g/mol. The number of ether oxygens (including phenoxy) is 2. The molecule has 9 heteroatoms. The van der Waals surface area contributed by atoms with Crippen LogP contribution in [0.3, 0.4) is 0 Å². The molecular weight excluding hydrogens is 366 g/mol. The number of nitrogens with zero attached hydrogens (tertiary/aromatic N) is 2. The molecule has 0 fully saturated rings. The van der Waals surface area contributed by atoms with Crippen molar-refractivity contribution in [1.29, 1.82) is 0 Å². The zero-order valence-electron chi connectivity index (χ0n) is 13.7. The van der Waals surface area contributed by atoms with E-state index in [1.807, 2.05) is 0 Å². The van der Waals surface area contributed by atoms with Crippen molar-refractivity contribution in [2.75, 3.05) is 13.7 Å². The maximum atomic E-state index is 11.7. The molecule has 1 aromatic carbocycles. The number of methoxy groups -OCH3 is 1. The summed E-state index contributed by atoms with van der Waals surface area (Å²) in [5.74, 6) is -0.773. The number of benzene rings is 1. The number of hydrazone groups is 1. The van der Waals surface area contributed by atoms with Gasteiger partial charge in [-0.3, -0.25) is 0 Å². The van der Waals surface area contributed by atoms with E-state index in [1.54, 1.807) is 36.7 Å². The highest BCUT2D eigenvalue weighted by molar-refractivity contribution is 7.11. The van der Waals surface area contributed by atoms with Gasteiger partial charge < -0.3 is 14.9 Å². The minimum Gasteiger partial charge on any atom is -0.465 e. The van der Waals surface area contributed by atoms with Gasteiger partial charge in [0.2, 0.25) is 0 Å². The van der Waals surface area contributed by atoms with Crippen LogP contribution in [0.5, 0.6) is 0 Å². The Morgan fingerprint density at radius 1 is 1.28 bits per heavy atom. The third-order valence-corrected chi connectivity index (χ3v) is 3.97. The van der Waals surface area contributed by atoms with Crippen molar-refractivity contribution in [1.82, 2.24) is 10.4 Å². The van der Waals surface area contributed by atoms with Gasteiger partial charge >= 0.3 is 11.9 Å². The molecule has 0 atom stereocenters. The lowest BCUT2D eigenvalue weighted by Gasteiger charge is -2.03. The molecule has 1 N–H and O–H groups in total. The van der Waals surface area contributed by atoms with E-state index >= 15 is 0 Å². The molecule has 0 spiro atoms. The van der Waals surface area contributed by atoms with Crippen molar-refractivity contribution in [3.63, 3.8) is 0 Å². The molecule has 0 radical (unpaired) electrons. The van der Waals surface area contributed by atoms with E-state index in [0.29, 0.717) is 22.7 Å². The summed E-state index contributed by atoms with van der Waals surface area (Å²) in [5.41, 5.74) is 6.55. The van der Waals surface area contributed by atoms with Crippen LogP contribution in [0, 0.1) is 6.92 Å². The smallest absolute Gasteiger partial charge is 0.350 e. The molecule has 0 amide bonds. The Morgan fingerprint density at radius 2 is 2.00 bits per heavy atom. The number of halogens is 1. The first-order valence-electron chi connectivity index (χ1n) is 7.10. The number of carbonyl (C=O) groups excluding carboxylic acids is 2. The van der Waals surface area contributed by atoms with Crippen LogP contribution >= 0.6 is 23.7 Å². The van der Waals surface area contributed by atoms with Gasteiger partial charge in [0.25, 0.3) is 0 Å². The summed E-state index contributed by atoms with van der Waals surface area (Å²) >= 11 is 1.25. The van der Waals surface area contributed by atoms with Crippen molar-refractivity contribution in [2.24, 2.45) is 5.10 Å². The third-order valence-electron chi connectivity index (χ3n) is 3.06. The largest absolute Gasteiger partial charge is 0.465 e. The van der Waals surface area contributed by atoms with Gasteiger partial charge in [0, 0.05) is 0 Å². The first-order valence-corrected chi connectivity index (χ1v) is 7.98. The molecule has 0 saturated heterocycles. The summed E-state index contributed by atoms with van der Waals surface area (Å²) in [4.78, 5) is 27.5. The molecule has 7 nitrogen and oxygen atoms in total. The van der Waals surface area contributed by atoms with Crippen LogP contribution in [0.25, 0.3) is 0 Å². The molecule has 0 aliphatic heterocycles. The minimum absolute atomic E-state index is 0. The Hall–Kier alpha value is -2.45. The van der Waals surface area contributed by atoms with Crippen LogP contribution in [-0.4, -0.2) is 36.9 Å². The lowest BCUT2D eigenvalue weighted by atomic mass is 10.1. The summed E-state index contributed by atoms with van der Waals surface area (Å²) in [5, 5.41) is 3.96. The maximum Gasteiger partial charge on any atom is 0.350 e. The Balaban J connectivity index is 0.00000312. The highest BCUT2D eigenvalue weighted by Crippen LogP contribution is 2.12. The number of rotatable bonds is 7. The zero-order chi connectivity index (χ0) is 17.4. The average Bonchev–Trinajstić information content (AvgIpc) is 3.03. The third kappa shape index (κ3) is 6.17. The molecule has 0 unspecified atom stereocenters. The van der Waals surface area contributed by atoms with Crippen molar-refractivity contribution in [2.45, 2.75) is 13.5 Å². The van der Waals surface area contributed by atoms with Crippen LogP contribution in [0.4, 0.5) is 0 Å². The predicted octanol–water partition coefficient (Wildman–Crippen LogP) is 2.59. The number of carbonyl (C=O) groups is 2. The SMILES string of the molecule is COC(=O)c1ccc(CN/N=C/COC(=O)c2scnc2C)cc1.Cl. The highest BCUT2D eigenvalue weighted by atomic mass is 35.5. The van der Waals surface area contributed by atoms with Gasteiger partial charge in [-0.2, -0.15) is 5.10 Å². The molecule has 134 valence electrons. The summed E-state index contributed by atoms with van der Waals surface area (Å²) in [7, 11) is 1.34. The number of nitrogens with one attached hydrogen (secondary N) is 1. The Labute approximate surface area is 155 Å². The summed E-state index contributed by atoms with van der Waals surface area (Å²) in [6.07, 6.45) is 1.47. The van der Waals surface area contributed by atoms with Crippen LogP contribution < -0.4 is 5.43 Å². The van der Waals surface area contributed by atoms with E-state index in [4.69, 9.17) is 4.74 Å². The molecule has 2 rings (SSSR count). The normalized spacial score (nSPS) is 10.2. The molecule has 1 aromatic heterocycles. The quantitative estimate of drug-likeness (QED) is 0.449. The van der Waals surface area contributed by atoms with Crippen molar-refractivity contribution in [3.8, 4) is 0 Å². The molecule has 25 heavy (non-hydrogen) atoms. The Kier molecular flexibility index (Phi) is 8.59. The van der Waals surface area contributed by atoms with Crippen LogP contribution in [0.15, 0.2) is 34.9 Å². The average molecular weight is 384 g/mol. The second-order valence-corrected chi connectivity index (χ2v) is 5.56. The molecule has 0 saturated carbocycles. The molecule has 0 bridgehead atoms. The molecule has 0 aliphatic rings. The second kappa shape index (κ2) is 10.4. The lowest BCUT2D eigenvalue weighted by molar-refractivity contribution is 0.0568. The van der Waals surface area contributed by atoms with E-state index in [9.17, 15) is 9.59 Å². The van der Waals surface area contributed by atoms with Crippen molar-refractivity contribution < 1.29 is 19.1 Å². The van der Waals surface area contributed by atoms with E-state index in [-0.39, 0.29) is 25.0 Å². The molecule has 1 heterocycles. The fourth-order valence-electron chi connectivity index (χ4n) is 1.79. The van der Waals surface area contributed by atoms with E-state index in [1.165, 1.54) is 24.7 Å². The number of hydrogen-bond acceptors (Lipinski definition) is 8. The van der Waals surface area contributed by atoms with Crippen LogP contribution in [0.1, 0.15) is 31.3 Å². The zero-order valence-corrected chi connectivity index (χ0v) is 15.4. The van der Waals surface area contributed by atoms with E-state index in [2.05, 4.69) is 20.2 Å². The van der Waals surface area contributed by atoms with Gasteiger partial charge in [-0.05, 0) is 24.6 Å². The summed E-state index contributed by atoms with van der Waals surface area (Å²) in [6.45, 7) is 2.32. The van der Waals surface area contributed by atoms with E-state index < -0.39 is 5.97 Å². The first-order chi connectivity index (χ1) is 11.6. The number of esters is 2. The van der Waals surface area contributed by atoms with Crippen molar-refractivity contribution >= 4 is 41.9 Å². The van der Waals surface area contributed by atoms with Gasteiger partial charge in [0.1, 0.15) is 11.5 Å². The van der Waals surface area contributed by atoms with Crippen LogP contribution in [-0.2, 0) is 16.0 Å². The molecule has 0 aliphatic carbocycles. The van der Waals surface area contributed by atoms with Gasteiger partial charge in [0.05, 0.1) is 36.6 Å². The fraction of sp³-hybridized carbons (Fsp3) is 0.250. The van der Waals surface area contributed by atoms with E-state index in [0.717, 1.165) is 5.56 Å². The number of thiazole rings is 1. The summed E-state index contributed by atoms with van der Waals surface area (Å²) in [6, 6.07) is 6.99. The van der Waals surface area contributed by atoms with Gasteiger partial charge in [-0.15, -0.1) is 23.7 Å². The lowest BCUT2D eigenvalue weighted by Crippen LogP contribution is -2.10. The number of aryl methyl sites for hydroxylation is 1. The van der Waals surface area contributed by atoms with Gasteiger partial charge in [-0.25, -0.2) is 14.6 Å². The standard InChI is InChI=1S/C16H17N3O4S.ClH/c1-11-14(24-10-17-11)16(21)23-8-7-18-19-9-12-3-5-13(6-4-12)15(20)22-2;/h3-7,10,19H,8-9H2,1-2H3;1H/b18-7+;. The minimum atomic E-state index is -0.403. The first kappa shape index (κ1) is 20.6.